The molecule has 1 aromatic rings. The van der Waals surface area contributed by atoms with Crippen molar-refractivity contribution in [1.29, 1.82) is 5.26 Å². The predicted octanol–water partition coefficient (Wildman–Crippen LogP) is 3.19. The molecule has 0 aliphatic carbocycles. The van der Waals surface area contributed by atoms with Gasteiger partial charge in [0, 0.05) is 25.6 Å². The summed E-state index contributed by atoms with van der Waals surface area (Å²) in [4.78, 5) is 25.3. The molecule has 23 heavy (non-hydrogen) atoms. The third kappa shape index (κ3) is 6.07. The average Bonchev–Trinajstić information content (AvgIpc) is 2.43. The van der Waals surface area contributed by atoms with E-state index in [1.807, 2.05) is 26.8 Å². The Morgan fingerprint density at radius 1 is 1.35 bits per heavy atom. The van der Waals surface area contributed by atoms with Gasteiger partial charge in [-0.1, -0.05) is 20.8 Å². The van der Waals surface area contributed by atoms with Crippen LogP contribution in [-0.4, -0.2) is 29.8 Å². The summed E-state index contributed by atoms with van der Waals surface area (Å²) in [6.07, 6.45) is 0.224. The molecule has 6 heteroatoms. The molecule has 0 bridgehead atoms. The van der Waals surface area contributed by atoms with E-state index in [0.717, 1.165) is 6.07 Å². The van der Waals surface area contributed by atoms with Crippen molar-refractivity contribution in [3.8, 4) is 6.07 Å². The maximum atomic E-state index is 13.7. The molecule has 0 saturated heterocycles. The molecule has 0 radical (unpaired) electrons. The van der Waals surface area contributed by atoms with Crippen LogP contribution in [0.4, 0.5) is 10.1 Å². The Morgan fingerprint density at radius 3 is 2.52 bits per heavy atom. The number of rotatable bonds is 5. The first-order valence-corrected chi connectivity index (χ1v) is 7.37. The summed E-state index contributed by atoms with van der Waals surface area (Å²) in [5.74, 6) is -1.30. The minimum Gasteiger partial charge on any atom is -0.337 e. The molecule has 124 valence electrons. The van der Waals surface area contributed by atoms with Crippen LogP contribution in [0.2, 0.25) is 0 Å². The quantitative estimate of drug-likeness (QED) is 0.906. The number of carbonyl (C=O) groups is 2. The largest absolute Gasteiger partial charge is 0.337 e. The van der Waals surface area contributed by atoms with E-state index in [-0.39, 0.29) is 29.0 Å². The van der Waals surface area contributed by atoms with Crippen molar-refractivity contribution in [3.05, 3.63) is 29.6 Å². The topological polar surface area (TPSA) is 73.2 Å². The Bertz CT molecular complexity index is 630. The number of amides is 2. The molecule has 0 saturated carbocycles. The van der Waals surface area contributed by atoms with E-state index in [2.05, 4.69) is 5.32 Å². The fraction of sp³-hybridized carbons (Fsp3) is 0.471. The van der Waals surface area contributed by atoms with Gasteiger partial charge in [0.05, 0.1) is 18.2 Å². The summed E-state index contributed by atoms with van der Waals surface area (Å²) >= 11 is 0. The van der Waals surface area contributed by atoms with Gasteiger partial charge >= 0.3 is 0 Å². The van der Waals surface area contributed by atoms with Gasteiger partial charge in [0.15, 0.2) is 0 Å². The second-order valence-corrected chi connectivity index (χ2v) is 6.57. The van der Waals surface area contributed by atoms with Gasteiger partial charge < -0.3 is 10.2 Å². The van der Waals surface area contributed by atoms with Gasteiger partial charge in [-0.3, -0.25) is 9.59 Å². The highest BCUT2D eigenvalue weighted by Gasteiger charge is 2.22. The fourth-order valence-corrected chi connectivity index (χ4v) is 2.14. The van der Waals surface area contributed by atoms with Crippen LogP contribution < -0.4 is 5.32 Å². The van der Waals surface area contributed by atoms with E-state index in [0.29, 0.717) is 13.1 Å². The summed E-state index contributed by atoms with van der Waals surface area (Å²) in [5.41, 5.74) is 0.114. The van der Waals surface area contributed by atoms with Crippen LogP contribution >= 0.6 is 0 Å². The van der Waals surface area contributed by atoms with Crippen molar-refractivity contribution in [2.45, 2.75) is 34.1 Å². The van der Waals surface area contributed by atoms with Gasteiger partial charge in [0.1, 0.15) is 5.82 Å². The molecular formula is C17H22FN3O2. The van der Waals surface area contributed by atoms with Crippen LogP contribution in [0.3, 0.4) is 0 Å². The number of benzene rings is 1. The molecule has 0 unspecified atom stereocenters. The number of hydrogen-bond donors (Lipinski definition) is 1. The summed E-state index contributed by atoms with van der Waals surface area (Å²) in [6, 6.07) is 5.88. The minimum atomic E-state index is -0.601. The lowest BCUT2D eigenvalue weighted by Gasteiger charge is -2.29. The molecule has 0 atom stereocenters. The summed E-state index contributed by atoms with van der Waals surface area (Å²) in [7, 11) is 0. The highest BCUT2D eigenvalue weighted by Crippen LogP contribution is 2.21. The molecule has 1 rings (SSSR count). The maximum absolute atomic E-state index is 13.7. The SMILES string of the molecule is CC(=O)Nc1cc(C(=O)N(CCC#N)CC(C)(C)C)ccc1F. The highest BCUT2D eigenvalue weighted by molar-refractivity contribution is 5.97. The second kappa shape index (κ2) is 7.73. The average molecular weight is 319 g/mol. The predicted molar refractivity (Wildman–Crippen MR) is 86.3 cm³/mol. The first kappa shape index (κ1) is 18.6. The number of hydrogen-bond acceptors (Lipinski definition) is 3. The third-order valence-electron chi connectivity index (χ3n) is 2.97. The molecule has 5 nitrogen and oxygen atoms in total. The molecule has 0 heterocycles. The van der Waals surface area contributed by atoms with Crippen LogP contribution in [-0.2, 0) is 4.79 Å². The monoisotopic (exact) mass is 319 g/mol. The Hall–Kier alpha value is -2.42. The second-order valence-electron chi connectivity index (χ2n) is 6.57. The van der Waals surface area contributed by atoms with Crippen molar-refractivity contribution >= 4 is 17.5 Å². The first-order valence-electron chi connectivity index (χ1n) is 7.37. The summed E-state index contributed by atoms with van der Waals surface area (Å²) in [6.45, 7) is 8.03. The van der Waals surface area contributed by atoms with E-state index in [4.69, 9.17) is 5.26 Å². The lowest BCUT2D eigenvalue weighted by atomic mass is 9.95. The fourth-order valence-electron chi connectivity index (χ4n) is 2.14. The highest BCUT2D eigenvalue weighted by atomic mass is 19.1. The van der Waals surface area contributed by atoms with E-state index < -0.39 is 11.7 Å². The molecule has 0 aromatic heterocycles. The van der Waals surface area contributed by atoms with E-state index in [1.54, 1.807) is 4.90 Å². The van der Waals surface area contributed by atoms with Gasteiger partial charge in [-0.05, 0) is 23.6 Å². The molecule has 0 aliphatic heterocycles. The third-order valence-corrected chi connectivity index (χ3v) is 2.97. The Balaban J connectivity index is 3.07. The first-order chi connectivity index (χ1) is 10.6. The zero-order valence-corrected chi connectivity index (χ0v) is 13.9. The maximum Gasteiger partial charge on any atom is 0.253 e. The standard InChI is InChI=1S/C17H22FN3O2/c1-12(22)20-15-10-13(6-7-14(15)18)16(23)21(9-5-8-19)11-17(2,3)4/h6-7,10H,5,9,11H2,1-4H3,(H,20,22). The van der Waals surface area contributed by atoms with Crippen LogP contribution in [0, 0.1) is 22.6 Å². The lowest BCUT2D eigenvalue weighted by Crippen LogP contribution is -2.38. The van der Waals surface area contributed by atoms with Crippen molar-refractivity contribution in [1.82, 2.24) is 4.90 Å². The number of halogens is 1. The molecule has 2 amide bonds. The van der Waals surface area contributed by atoms with Gasteiger partial charge in [0.2, 0.25) is 5.91 Å². The molecule has 0 aliphatic rings. The van der Waals surface area contributed by atoms with E-state index >= 15 is 0 Å². The van der Waals surface area contributed by atoms with E-state index in [1.165, 1.54) is 19.1 Å². The van der Waals surface area contributed by atoms with Crippen molar-refractivity contribution in [3.63, 3.8) is 0 Å². The number of nitriles is 1. The van der Waals surface area contributed by atoms with E-state index in [9.17, 15) is 14.0 Å². The number of anilines is 1. The number of carbonyl (C=O) groups excluding carboxylic acids is 2. The Labute approximate surface area is 136 Å². The van der Waals surface area contributed by atoms with Gasteiger partial charge in [0.25, 0.3) is 5.91 Å². The van der Waals surface area contributed by atoms with Crippen molar-refractivity contribution in [2.24, 2.45) is 5.41 Å². The van der Waals surface area contributed by atoms with Crippen LogP contribution in [0.15, 0.2) is 18.2 Å². The normalized spacial score (nSPS) is 10.8. The Kier molecular flexibility index (Phi) is 6.26. The molecule has 0 fully saturated rings. The van der Waals surface area contributed by atoms with Crippen LogP contribution in [0.5, 0.6) is 0 Å². The summed E-state index contributed by atoms with van der Waals surface area (Å²) < 4.78 is 13.7. The van der Waals surface area contributed by atoms with Crippen LogP contribution in [0.1, 0.15) is 44.5 Å². The lowest BCUT2D eigenvalue weighted by molar-refractivity contribution is -0.114. The zero-order chi connectivity index (χ0) is 17.6. The van der Waals surface area contributed by atoms with Crippen molar-refractivity contribution in [2.75, 3.05) is 18.4 Å². The Morgan fingerprint density at radius 2 is 2.00 bits per heavy atom. The minimum absolute atomic E-state index is 0.0284. The van der Waals surface area contributed by atoms with Crippen LogP contribution in [0.25, 0.3) is 0 Å². The smallest absolute Gasteiger partial charge is 0.253 e. The molecule has 1 N–H and O–H groups in total. The number of nitrogens with one attached hydrogen (secondary N) is 1. The number of nitrogens with zero attached hydrogens (tertiary/aromatic N) is 2. The molecular weight excluding hydrogens is 297 g/mol. The molecule has 0 spiro atoms. The van der Waals surface area contributed by atoms with Gasteiger partial charge in [-0.15, -0.1) is 0 Å². The zero-order valence-electron chi connectivity index (χ0n) is 13.9. The van der Waals surface area contributed by atoms with Crippen molar-refractivity contribution < 1.29 is 14.0 Å². The van der Waals surface area contributed by atoms with Gasteiger partial charge in [-0.2, -0.15) is 5.26 Å². The molecule has 1 aromatic carbocycles. The summed E-state index contributed by atoms with van der Waals surface area (Å²) in [5, 5.41) is 11.1. The van der Waals surface area contributed by atoms with Gasteiger partial charge in [-0.25, -0.2) is 4.39 Å².